The van der Waals surface area contributed by atoms with E-state index in [4.69, 9.17) is 9.47 Å². The molecule has 0 amide bonds. The van der Waals surface area contributed by atoms with Crippen LogP contribution < -0.4 is 0 Å². The minimum absolute atomic E-state index is 0.268. The number of benzene rings is 2. The van der Waals surface area contributed by atoms with Crippen LogP contribution >= 0.6 is 0 Å². The molecule has 2 aromatic carbocycles. The summed E-state index contributed by atoms with van der Waals surface area (Å²) in [6, 6.07) is 15.4. The quantitative estimate of drug-likeness (QED) is 0.319. The summed E-state index contributed by atoms with van der Waals surface area (Å²) in [6.07, 6.45) is 2.83. The van der Waals surface area contributed by atoms with Gasteiger partial charge in [0, 0.05) is 13.1 Å². The van der Waals surface area contributed by atoms with Gasteiger partial charge in [-0.15, -0.1) is 0 Å². The normalized spacial score (nSPS) is 11.1. The van der Waals surface area contributed by atoms with Crippen molar-refractivity contribution in [1.82, 2.24) is 9.80 Å². The molecule has 0 aromatic heterocycles. The third-order valence-corrected chi connectivity index (χ3v) is 6.38. The molecule has 0 aliphatic carbocycles. The first-order valence-corrected chi connectivity index (χ1v) is 13.0. The molecule has 2 rings (SSSR count). The Morgan fingerprint density at radius 1 is 0.600 bits per heavy atom. The third-order valence-electron chi connectivity index (χ3n) is 6.38. The number of carbonyl (C=O) groups is 2. The molecule has 0 bridgehead atoms. The first-order chi connectivity index (χ1) is 17.0. The Kier molecular flexibility index (Phi) is 13.1. The predicted molar refractivity (Wildman–Crippen MR) is 141 cm³/mol. The van der Waals surface area contributed by atoms with Crippen LogP contribution in [0.25, 0.3) is 0 Å². The molecule has 0 atom stereocenters. The Balaban J connectivity index is 1.71. The maximum Gasteiger partial charge on any atom is 0.338 e. The van der Waals surface area contributed by atoms with E-state index < -0.39 is 0 Å². The smallest absolute Gasteiger partial charge is 0.338 e. The molecule has 0 saturated heterocycles. The van der Waals surface area contributed by atoms with E-state index in [-0.39, 0.29) is 11.9 Å². The van der Waals surface area contributed by atoms with Crippen LogP contribution in [0.15, 0.2) is 48.5 Å². The summed E-state index contributed by atoms with van der Waals surface area (Å²) >= 11 is 0. The standard InChI is InChI=1S/C29H42N2O4/c1-5-30(6-2)20-22-34-28(32)26-16-12-24(13-17-26)10-9-11-25-14-18-27(19-15-25)29(33)35-23-21-31(7-3)8-4/h12-19H,5-11,20-23H2,1-4H3. The first kappa shape index (κ1) is 28.5. The molecule has 0 fully saturated rings. The average molecular weight is 483 g/mol. The van der Waals surface area contributed by atoms with Crippen molar-refractivity contribution in [3.05, 3.63) is 70.8 Å². The van der Waals surface area contributed by atoms with Gasteiger partial charge in [-0.2, -0.15) is 0 Å². The van der Waals surface area contributed by atoms with E-state index in [9.17, 15) is 9.59 Å². The van der Waals surface area contributed by atoms with Crippen LogP contribution in [0.5, 0.6) is 0 Å². The second-order valence-corrected chi connectivity index (χ2v) is 8.57. The van der Waals surface area contributed by atoms with E-state index in [0.29, 0.717) is 24.3 Å². The maximum atomic E-state index is 12.2. The van der Waals surface area contributed by atoms with Crippen molar-refractivity contribution >= 4 is 11.9 Å². The van der Waals surface area contributed by atoms with E-state index in [0.717, 1.165) is 58.5 Å². The Morgan fingerprint density at radius 2 is 0.943 bits per heavy atom. The Hall–Kier alpha value is -2.70. The molecule has 0 saturated carbocycles. The number of rotatable bonds is 16. The van der Waals surface area contributed by atoms with Gasteiger partial charge in [-0.3, -0.25) is 0 Å². The van der Waals surface area contributed by atoms with Crippen LogP contribution in [-0.2, 0) is 22.3 Å². The lowest BCUT2D eigenvalue weighted by atomic mass is 10.0. The summed E-state index contributed by atoms with van der Waals surface area (Å²) in [5.41, 5.74) is 3.57. The molecule has 6 heteroatoms. The molecule has 0 aliphatic rings. The van der Waals surface area contributed by atoms with E-state index in [1.165, 1.54) is 11.1 Å². The van der Waals surface area contributed by atoms with Crippen LogP contribution in [-0.4, -0.2) is 74.2 Å². The summed E-state index contributed by atoms with van der Waals surface area (Å²) < 4.78 is 10.8. The second kappa shape index (κ2) is 16.1. The van der Waals surface area contributed by atoms with Gasteiger partial charge < -0.3 is 19.3 Å². The van der Waals surface area contributed by atoms with Gasteiger partial charge in [0.2, 0.25) is 0 Å². The number of aryl methyl sites for hydroxylation is 2. The van der Waals surface area contributed by atoms with Gasteiger partial charge in [0.05, 0.1) is 11.1 Å². The highest BCUT2D eigenvalue weighted by Crippen LogP contribution is 2.12. The number of carbonyl (C=O) groups excluding carboxylic acids is 2. The van der Waals surface area contributed by atoms with Crippen LogP contribution in [0, 0.1) is 0 Å². The fourth-order valence-corrected chi connectivity index (χ4v) is 3.89. The summed E-state index contributed by atoms with van der Waals surface area (Å²) in [6.45, 7) is 14.6. The van der Waals surface area contributed by atoms with Crippen LogP contribution in [0.4, 0.5) is 0 Å². The monoisotopic (exact) mass is 482 g/mol. The van der Waals surface area contributed by atoms with Gasteiger partial charge >= 0.3 is 11.9 Å². The summed E-state index contributed by atoms with van der Waals surface area (Å²) in [7, 11) is 0. The van der Waals surface area contributed by atoms with Crippen molar-refractivity contribution in [1.29, 1.82) is 0 Å². The molecular weight excluding hydrogens is 440 g/mol. The number of hydrogen-bond donors (Lipinski definition) is 0. The topological polar surface area (TPSA) is 59.1 Å². The molecule has 0 N–H and O–H groups in total. The minimum atomic E-state index is -0.268. The van der Waals surface area contributed by atoms with E-state index in [1.54, 1.807) is 0 Å². The molecular formula is C29H42N2O4. The van der Waals surface area contributed by atoms with Crippen molar-refractivity contribution in [2.24, 2.45) is 0 Å². The number of nitrogens with zero attached hydrogens (tertiary/aromatic N) is 2. The van der Waals surface area contributed by atoms with Crippen LogP contribution in [0.1, 0.15) is 66.0 Å². The molecule has 0 aliphatic heterocycles. The zero-order valence-electron chi connectivity index (χ0n) is 21.9. The molecule has 35 heavy (non-hydrogen) atoms. The lowest BCUT2D eigenvalue weighted by molar-refractivity contribution is 0.0457. The van der Waals surface area contributed by atoms with Gasteiger partial charge in [-0.1, -0.05) is 52.0 Å². The highest BCUT2D eigenvalue weighted by atomic mass is 16.5. The Morgan fingerprint density at radius 3 is 1.26 bits per heavy atom. The second-order valence-electron chi connectivity index (χ2n) is 8.57. The van der Waals surface area contributed by atoms with Crippen molar-refractivity contribution in [3.8, 4) is 0 Å². The van der Waals surface area contributed by atoms with Crippen LogP contribution in [0.2, 0.25) is 0 Å². The van der Waals surface area contributed by atoms with Crippen molar-refractivity contribution in [2.75, 3.05) is 52.5 Å². The van der Waals surface area contributed by atoms with Crippen molar-refractivity contribution in [2.45, 2.75) is 47.0 Å². The zero-order chi connectivity index (χ0) is 25.5. The number of likely N-dealkylation sites (N-methyl/N-ethyl adjacent to an activating group) is 2. The fourth-order valence-electron chi connectivity index (χ4n) is 3.89. The number of esters is 2. The first-order valence-electron chi connectivity index (χ1n) is 13.0. The highest BCUT2D eigenvalue weighted by molar-refractivity contribution is 5.89. The molecule has 0 spiro atoms. The fraction of sp³-hybridized carbons (Fsp3) is 0.517. The molecule has 192 valence electrons. The summed E-state index contributed by atoms with van der Waals surface area (Å²) in [5, 5.41) is 0. The lowest BCUT2D eigenvalue weighted by Crippen LogP contribution is -2.27. The number of ether oxygens (including phenoxy) is 2. The molecule has 2 aromatic rings. The maximum absolute atomic E-state index is 12.2. The van der Waals surface area contributed by atoms with E-state index in [2.05, 4.69) is 37.5 Å². The lowest BCUT2D eigenvalue weighted by Gasteiger charge is -2.17. The summed E-state index contributed by atoms with van der Waals surface area (Å²) in [4.78, 5) is 28.9. The average Bonchev–Trinajstić information content (AvgIpc) is 2.89. The third kappa shape index (κ3) is 10.2. The van der Waals surface area contributed by atoms with Crippen molar-refractivity contribution < 1.29 is 19.1 Å². The Labute approximate surface area is 211 Å². The van der Waals surface area contributed by atoms with Gasteiger partial charge in [0.15, 0.2) is 0 Å². The summed E-state index contributed by atoms with van der Waals surface area (Å²) in [5.74, 6) is -0.536. The van der Waals surface area contributed by atoms with Crippen molar-refractivity contribution in [3.63, 3.8) is 0 Å². The highest BCUT2D eigenvalue weighted by Gasteiger charge is 2.10. The van der Waals surface area contributed by atoms with Gasteiger partial charge in [-0.25, -0.2) is 9.59 Å². The van der Waals surface area contributed by atoms with Gasteiger partial charge in [-0.05, 0) is 80.8 Å². The minimum Gasteiger partial charge on any atom is -0.461 e. The number of hydrogen-bond acceptors (Lipinski definition) is 6. The zero-order valence-corrected chi connectivity index (χ0v) is 21.9. The van der Waals surface area contributed by atoms with E-state index >= 15 is 0 Å². The predicted octanol–water partition coefficient (Wildman–Crippen LogP) is 4.86. The molecule has 0 radical (unpaired) electrons. The van der Waals surface area contributed by atoms with Crippen LogP contribution in [0.3, 0.4) is 0 Å². The largest absolute Gasteiger partial charge is 0.461 e. The van der Waals surface area contributed by atoms with Gasteiger partial charge in [0.25, 0.3) is 0 Å². The van der Waals surface area contributed by atoms with Gasteiger partial charge in [0.1, 0.15) is 13.2 Å². The molecule has 6 nitrogen and oxygen atoms in total. The SMILES string of the molecule is CCN(CC)CCOC(=O)c1ccc(CCCc2ccc(C(=O)OCCN(CC)CC)cc2)cc1. The Bertz CT molecular complexity index is 799. The van der Waals surface area contributed by atoms with E-state index in [1.807, 2.05) is 48.5 Å². The molecule has 0 heterocycles. The molecule has 0 unspecified atom stereocenters.